The molecule has 102 valence electrons. The van der Waals surface area contributed by atoms with E-state index in [1.807, 2.05) is 36.4 Å². The fourth-order valence-electron chi connectivity index (χ4n) is 1.69. The highest BCUT2D eigenvalue weighted by Gasteiger charge is 2.09. The lowest BCUT2D eigenvalue weighted by Crippen LogP contribution is -1.83. The van der Waals surface area contributed by atoms with Gasteiger partial charge in [0, 0.05) is 10.0 Å². The van der Waals surface area contributed by atoms with E-state index >= 15 is 0 Å². The van der Waals surface area contributed by atoms with Crippen LogP contribution in [0.25, 0.3) is 11.4 Å². The summed E-state index contributed by atoms with van der Waals surface area (Å²) < 4.78 is 11.5. The molecule has 0 saturated carbocycles. The fraction of sp³-hybridized carbons (Fsp3) is 0.143. The molecule has 2 aromatic heterocycles. The molecule has 0 fully saturated rings. The first kappa shape index (κ1) is 13.5. The minimum absolute atomic E-state index is 0.611. The second-order valence-corrected chi connectivity index (χ2v) is 6.00. The number of benzene rings is 1. The van der Waals surface area contributed by atoms with Crippen molar-refractivity contribution >= 4 is 27.7 Å². The first-order chi connectivity index (χ1) is 9.81. The lowest BCUT2D eigenvalue weighted by molar-refractivity contribution is 0.391. The van der Waals surface area contributed by atoms with Crippen molar-refractivity contribution in [3.8, 4) is 11.4 Å². The van der Waals surface area contributed by atoms with Gasteiger partial charge < -0.3 is 8.94 Å². The molecule has 0 spiro atoms. The van der Waals surface area contributed by atoms with Gasteiger partial charge in [0.15, 0.2) is 0 Å². The molecule has 3 aromatic rings. The molecule has 1 aromatic carbocycles. The maximum absolute atomic E-state index is 5.27. The topological polar surface area (TPSA) is 52.1 Å². The van der Waals surface area contributed by atoms with Gasteiger partial charge in [-0.25, -0.2) is 0 Å². The van der Waals surface area contributed by atoms with Crippen LogP contribution in [0.2, 0.25) is 0 Å². The van der Waals surface area contributed by atoms with Crippen LogP contribution < -0.4 is 0 Å². The van der Waals surface area contributed by atoms with Crippen LogP contribution in [0, 0.1) is 0 Å². The zero-order valence-corrected chi connectivity index (χ0v) is 12.9. The number of halogens is 1. The highest BCUT2D eigenvalue weighted by Crippen LogP contribution is 2.22. The van der Waals surface area contributed by atoms with E-state index in [1.165, 1.54) is 0 Å². The van der Waals surface area contributed by atoms with Gasteiger partial charge >= 0.3 is 0 Å². The van der Waals surface area contributed by atoms with Crippen LogP contribution >= 0.6 is 27.7 Å². The van der Waals surface area contributed by atoms with Crippen LogP contribution in [0.15, 0.2) is 56.1 Å². The number of thioether (sulfide) groups is 1. The Kier molecular flexibility index (Phi) is 4.22. The lowest BCUT2D eigenvalue weighted by atomic mass is 10.2. The average molecular weight is 351 g/mol. The first-order valence-corrected chi connectivity index (χ1v) is 7.95. The van der Waals surface area contributed by atoms with Crippen LogP contribution in [-0.2, 0) is 11.5 Å². The number of hydrogen-bond acceptors (Lipinski definition) is 5. The number of aromatic nitrogens is 2. The van der Waals surface area contributed by atoms with Gasteiger partial charge in [0.25, 0.3) is 0 Å². The summed E-state index contributed by atoms with van der Waals surface area (Å²) in [6, 6.07) is 11.7. The molecule has 0 unspecified atom stereocenters. The summed E-state index contributed by atoms with van der Waals surface area (Å²) >= 11 is 5.11. The summed E-state index contributed by atoms with van der Waals surface area (Å²) in [7, 11) is 0. The van der Waals surface area contributed by atoms with Gasteiger partial charge in [-0.1, -0.05) is 33.2 Å². The molecular formula is C14H11BrN2O2S. The van der Waals surface area contributed by atoms with E-state index in [9.17, 15) is 0 Å². The molecule has 0 aliphatic heterocycles. The maximum Gasteiger partial charge on any atom is 0.236 e. The molecule has 0 saturated heterocycles. The smallest absolute Gasteiger partial charge is 0.236 e. The molecule has 0 N–H and O–H groups in total. The minimum atomic E-state index is 0.611. The molecule has 0 radical (unpaired) electrons. The third-order valence-electron chi connectivity index (χ3n) is 2.60. The van der Waals surface area contributed by atoms with E-state index in [0.29, 0.717) is 17.5 Å². The lowest BCUT2D eigenvalue weighted by Gasteiger charge is -1.95. The standard InChI is InChI=1S/C14H11BrN2O2S/c15-11-4-1-3-10(7-11)14-16-13(19-17-14)9-20-8-12-5-2-6-18-12/h1-7H,8-9H2. The molecule has 0 atom stereocenters. The molecule has 0 aliphatic rings. The Morgan fingerprint density at radius 3 is 2.90 bits per heavy atom. The quantitative estimate of drug-likeness (QED) is 0.676. The van der Waals surface area contributed by atoms with Gasteiger partial charge in [0.1, 0.15) is 5.76 Å². The summed E-state index contributed by atoms with van der Waals surface area (Å²) in [6.07, 6.45) is 1.67. The van der Waals surface area contributed by atoms with Crippen LogP contribution in [0.4, 0.5) is 0 Å². The van der Waals surface area contributed by atoms with E-state index in [1.54, 1.807) is 18.0 Å². The Morgan fingerprint density at radius 1 is 1.15 bits per heavy atom. The summed E-state index contributed by atoms with van der Waals surface area (Å²) in [4.78, 5) is 4.39. The second kappa shape index (κ2) is 6.28. The van der Waals surface area contributed by atoms with Gasteiger partial charge in [-0.05, 0) is 24.3 Å². The molecule has 4 nitrogen and oxygen atoms in total. The van der Waals surface area contributed by atoms with Crippen LogP contribution in [0.5, 0.6) is 0 Å². The number of furan rings is 1. The summed E-state index contributed by atoms with van der Waals surface area (Å²) in [5.41, 5.74) is 0.936. The Bertz CT molecular complexity index is 682. The van der Waals surface area contributed by atoms with Gasteiger partial charge in [-0.15, -0.1) is 11.8 Å². The molecule has 20 heavy (non-hydrogen) atoms. The van der Waals surface area contributed by atoms with Crippen molar-refractivity contribution in [2.24, 2.45) is 0 Å². The maximum atomic E-state index is 5.27. The van der Waals surface area contributed by atoms with Gasteiger partial charge in [-0.2, -0.15) is 4.98 Å². The molecular weight excluding hydrogens is 340 g/mol. The molecule has 0 amide bonds. The van der Waals surface area contributed by atoms with Gasteiger partial charge in [-0.3, -0.25) is 0 Å². The zero-order chi connectivity index (χ0) is 13.8. The number of nitrogens with zero attached hydrogens (tertiary/aromatic N) is 2. The number of hydrogen-bond donors (Lipinski definition) is 0. The van der Waals surface area contributed by atoms with Crippen molar-refractivity contribution in [3.63, 3.8) is 0 Å². The fourth-order valence-corrected chi connectivity index (χ4v) is 2.85. The van der Waals surface area contributed by atoms with Crippen LogP contribution in [0.3, 0.4) is 0 Å². The van der Waals surface area contributed by atoms with E-state index in [2.05, 4.69) is 26.1 Å². The molecule has 6 heteroatoms. The third kappa shape index (κ3) is 3.32. The van der Waals surface area contributed by atoms with Crippen molar-refractivity contribution in [1.82, 2.24) is 10.1 Å². The van der Waals surface area contributed by atoms with Crippen molar-refractivity contribution in [1.29, 1.82) is 0 Å². The molecule has 3 rings (SSSR count). The Hall–Kier alpha value is -1.53. The minimum Gasteiger partial charge on any atom is -0.468 e. The molecule has 0 bridgehead atoms. The monoisotopic (exact) mass is 350 g/mol. The summed E-state index contributed by atoms with van der Waals surface area (Å²) in [6.45, 7) is 0. The normalized spacial score (nSPS) is 10.8. The Labute approximate surface area is 128 Å². The van der Waals surface area contributed by atoms with E-state index < -0.39 is 0 Å². The zero-order valence-electron chi connectivity index (χ0n) is 10.5. The predicted octanol–water partition coefficient (Wildman–Crippen LogP) is 4.53. The van der Waals surface area contributed by atoms with Crippen molar-refractivity contribution in [3.05, 3.63) is 58.8 Å². The van der Waals surface area contributed by atoms with Crippen LogP contribution in [-0.4, -0.2) is 10.1 Å². The molecule has 2 heterocycles. The Balaban J connectivity index is 1.62. The largest absolute Gasteiger partial charge is 0.468 e. The summed E-state index contributed by atoms with van der Waals surface area (Å²) in [5, 5.41) is 4.00. The third-order valence-corrected chi connectivity index (χ3v) is 4.03. The van der Waals surface area contributed by atoms with E-state index in [-0.39, 0.29) is 0 Å². The van der Waals surface area contributed by atoms with Crippen molar-refractivity contribution in [2.75, 3.05) is 0 Å². The Morgan fingerprint density at radius 2 is 2.10 bits per heavy atom. The van der Waals surface area contributed by atoms with Crippen LogP contribution in [0.1, 0.15) is 11.7 Å². The van der Waals surface area contributed by atoms with E-state index in [4.69, 9.17) is 8.94 Å². The summed E-state index contributed by atoms with van der Waals surface area (Å²) in [5.74, 6) is 3.64. The van der Waals surface area contributed by atoms with E-state index in [0.717, 1.165) is 21.5 Å². The second-order valence-electron chi connectivity index (χ2n) is 4.09. The highest BCUT2D eigenvalue weighted by molar-refractivity contribution is 9.10. The average Bonchev–Trinajstić information content (AvgIpc) is 3.10. The molecule has 0 aliphatic carbocycles. The predicted molar refractivity (Wildman–Crippen MR) is 81.1 cm³/mol. The van der Waals surface area contributed by atoms with Crippen molar-refractivity contribution < 1.29 is 8.94 Å². The van der Waals surface area contributed by atoms with Gasteiger partial charge in [0.2, 0.25) is 11.7 Å². The van der Waals surface area contributed by atoms with Crippen molar-refractivity contribution in [2.45, 2.75) is 11.5 Å². The number of rotatable bonds is 5. The van der Waals surface area contributed by atoms with Gasteiger partial charge in [0.05, 0.1) is 17.8 Å². The first-order valence-electron chi connectivity index (χ1n) is 6.00. The SMILES string of the molecule is Brc1cccc(-c2noc(CSCc3ccco3)n2)c1. The highest BCUT2D eigenvalue weighted by atomic mass is 79.9.